The predicted octanol–water partition coefficient (Wildman–Crippen LogP) is 4.16. The van der Waals surface area contributed by atoms with Gasteiger partial charge in [-0.3, -0.25) is 4.79 Å². The maximum absolute atomic E-state index is 11.9. The van der Waals surface area contributed by atoms with E-state index in [0.29, 0.717) is 22.9 Å². The highest BCUT2D eigenvalue weighted by atomic mass is 35.5. The van der Waals surface area contributed by atoms with Crippen LogP contribution in [-0.2, 0) is 4.79 Å². The molecule has 6 heteroatoms. The maximum Gasteiger partial charge on any atom is 0.335 e. The van der Waals surface area contributed by atoms with Gasteiger partial charge in [0.15, 0.2) is 0 Å². The van der Waals surface area contributed by atoms with Gasteiger partial charge in [-0.1, -0.05) is 29.8 Å². The number of hydrogen-bond donors (Lipinski definition) is 2. The number of carboxylic acids is 1. The molecular formula is C16H14ClNO3S. The molecule has 2 N–H and O–H groups in total. The zero-order chi connectivity index (χ0) is 15.9. The van der Waals surface area contributed by atoms with Gasteiger partial charge in [0.25, 0.3) is 0 Å². The Kier molecular flexibility index (Phi) is 5.86. The summed E-state index contributed by atoms with van der Waals surface area (Å²) < 4.78 is 0. The van der Waals surface area contributed by atoms with Crippen LogP contribution in [0.15, 0.2) is 53.4 Å². The minimum Gasteiger partial charge on any atom is -0.478 e. The zero-order valence-electron chi connectivity index (χ0n) is 11.6. The first kappa shape index (κ1) is 16.4. The van der Waals surface area contributed by atoms with Crippen molar-refractivity contribution in [1.82, 2.24) is 0 Å². The first-order chi connectivity index (χ1) is 10.6. The van der Waals surface area contributed by atoms with Crippen molar-refractivity contribution in [1.29, 1.82) is 0 Å². The van der Waals surface area contributed by atoms with E-state index in [1.807, 2.05) is 30.3 Å². The maximum atomic E-state index is 11.9. The van der Waals surface area contributed by atoms with Gasteiger partial charge in [0.1, 0.15) is 0 Å². The van der Waals surface area contributed by atoms with E-state index in [4.69, 9.17) is 16.7 Å². The van der Waals surface area contributed by atoms with E-state index in [1.165, 1.54) is 18.2 Å². The lowest BCUT2D eigenvalue weighted by Crippen LogP contribution is -2.13. The number of benzene rings is 2. The van der Waals surface area contributed by atoms with Crippen LogP contribution in [0.4, 0.5) is 5.69 Å². The highest BCUT2D eigenvalue weighted by Crippen LogP contribution is 2.24. The van der Waals surface area contributed by atoms with Crippen molar-refractivity contribution in [3.63, 3.8) is 0 Å². The Hall–Kier alpha value is -1.98. The summed E-state index contributed by atoms with van der Waals surface area (Å²) in [4.78, 5) is 23.9. The Bertz CT molecular complexity index is 676. The standard InChI is InChI=1S/C16H14ClNO3S/c17-13-7-6-11(16(20)21)10-14(13)18-15(19)8-9-22-12-4-2-1-3-5-12/h1-7,10H,8-9H2,(H,18,19)(H,20,21). The second-order valence-electron chi connectivity index (χ2n) is 4.46. The van der Waals surface area contributed by atoms with E-state index in [1.54, 1.807) is 11.8 Å². The van der Waals surface area contributed by atoms with Gasteiger partial charge in [-0.05, 0) is 30.3 Å². The summed E-state index contributed by atoms with van der Waals surface area (Å²) >= 11 is 7.55. The van der Waals surface area contributed by atoms with E-state index in [2.05, 4.69) is 5.32 Å². The number of amides is 1. The Morgan fingerprint density at radius 3 is 2.55 bits per heavy atom. The van der Waals surface area contributed by atoms with Gasteiger partial charge < -0.3 is 10.4 Å². The summed E-state index contributed by atoms with van der Waals surface area (Å²) in [7, 11) is 0. The number of halogens is 1. The molecule has 0 saturated heterocycles. The first-order valence-electron chi connectivity index (χ1n) is 6.57. The average Bonchev–Trinajstić information content (AvgIpc) is 2.50. The summed E-state index contributed by atoms with van der Waals surface area (Å²) in [5.41, 5.74) is 0.398. The molecule has 22 heavy (non-hydrogen) atoms. The molecule has 0 aliphatic heterocycles. The molecule has 0 heterocycles. The molecule has 0 aliphatic rings. The molecule has 0 spiro atoms. The summed E-state index contributed by atoms with van der Waals surface area (Å²) in [5, 5.41) is 11.9. The van der Waals surface area contributed by atoms with Crippen LogP contribution in [0.2, 0.25) is 5.02 Å². The number of anilines is 1. The summed E-state index contributed by atoms with van der Waals surface area (Å²) in [6.45, 7) is 0. The molecule has 0 aliphatic carbocycles. The van der Waals surface area contributed by atoms with Crippen LogP contribution in [0.1, 0.15) is 16.8 Å². The zero-order valence-corrected chi connectivity index (χ0v) is 13.2. The fourth-order valence-electron chi connectivity index (χ4n) is 1.75. The van der Waals surface area contributed by atoms with Crippen molar-refractivity contribution >= 4 is 40.9 Å². The lowest BCUT2D eigenvalue weighted by atomic mass is 10.2. The van der Waals surface area contributed by atoms with Gasteiger partial charge in [-0.25, -0.2) is 4.79 Å². The molecular weight excluding hydrogens is 322 g/mol. The molecule has 0 bridgehead atoms. The molecule has 4 nitrogen and oxygen atoms in total. The molecule has 2 rings (SSSR count). The molecule has 1 amide bonds. The van der Waals surface area contributed by atoms with Gasteiger partial charge >= 0.3 is 5.97 Å². The van der Waals surface area contributed by atoms with E-state index in [-0.39, 0.29) is 11.5 Å². The Labute approximate surface area is 137 Å². The number of aromatic carboxylic acids is 1. The number of rotatable bonds is 6. The predicted molar refractivity (Wildman–Crippen MR) is 88.8 cm³/mol. The molecule has 2 aromatic rings. The minimum atomic E-state index is -1.06. The molecule has 2 aromatic carbocycles. The number of thioether (sulfide) groups is 1. The van der Waals surface area contributed by atoms with Gasteiger partial charge in [0.2, 0.25) is 5.91 Å². The van der Waals surface area contributed by atoms with Crippen molar-refractivity contribution in [2.24, 2.45) is 0 Å². The number of carbonyl (C=O) groups is 2. The number of nitrogens with one attached hydrogen (secondary N) is 1. The molecule has 0 atom stereocenters. The van der Waals surface area contributed by atoms with Crippen molar-refractivity contribution < 1.29 is 14.7 Å². The second kappa shape index (κ2) is 7.87. The summed E-state index contributed by atoms with van der Waals surface area (Å²) in [5.74, 6) is -0.633. The van der Waals surface area contributed by atoms with E-state index >= 15 is 0 Å². The smallest absolute Gasteiger partial charge is 0.335 e. The molecule has 0 aromatic heterocycles. The van der Waals surface area contributed by atoms with Crippen molar-refractivity contribution in [2.45, 2.75) is 11.3 Å². The van der Waals surface area contributed by atoms with Crippen molar-refractivity contribution in [3.05, 3.63) is 59.1 Å². The normalized spacial score (nSPS) is 10.2. The fourth-order valence-corrected chi connectivity index (χ4v) is 2.78. The van der Waals surface area contributed by atoms with E-state index in [9.17, 15) is 9.59 Å². The van der Waals surface area contributed by atoms with Crippen molar-refractivity contribution in [3.8, 4) is 0 Å². The van der Waals surface area contributed by atoms with Gasteiger partial charge in [-0.2, -0.15) is 0 Å². The van der Waals surface area contributed by atoms with Crippen LogP contribution in [-0.4, -0.2) is 22.7 Å². The summed E-state index contributed by atoms with van der Waals surface area (Å²) in [6.07, 6.45) is 0.313. The molecule has 0 fully saturated rings. The van der Waals surface area contributed by atoms with E-state index < -0.39 is 5.97 Å². The van der Waals surface area contributed by atoms with Crippen LogP contribution in [0.3, 0.4) is 0 Å². The van der Waals surface area contributed by atoms with Crippen LogP contribution in [0.5, 0.6) is 0 Å². The number of carboxylic acid groups (broad SMARTS) is 1. The highest BCUT2D eigenvalue weighted by Gasteiger charge is 2.10. The Balaban J connectivity index is 1.89. The number of hydrogen-bond acceptors (Lipinski definition) is 3. The Morgan fingerprint density at radius 2 is 1.86 bits per heavy atom. The third-order valence-corrected chi connectivity index (χ3v) is 4.17. The third-order valence-electron chi connectivity index (χ3n) is 2.83. The van der Waals surface area contributed by atoms with Crippen LogP contribution in [0, 0.1) is 0 Å². The van der Waals surface area contributed by atoms with Crippen LogP contribution in [0.25, 0.3) is 0 Å². The monoisotopic (exact) mass is 335 g/mol. The highest BCUT2D eigenvalue weighted by molar-refractivity contribution is 7.99. The second-order valence-corrected chi connectivity index (χ2v) is 6.03. The van der Waals surface area contributed by atoms with Gasteiger partial charge in [-0.15, -0.1) is 11.8 Å². The summed E-state index contributed by atoms with van der Waals surface area (Å²) in [6, 6.07) is 14.0. The quantitative estimate of drug-likeness (QED) is 0.778. The lowest BCUT2D eigenvalue weighted by molar-refractivity contribution is -0.115. The lowest BCUT2D eigenvalue weighted by Gasteiger charge is -2.08. The fraction of sp³-hybridized carbons (Fsp3) is 0.125. The van der Waals surface area contributed by atoms with Gasteiger partial charge in [0.05, 0.1) is 16.3 Å². The Morgan fingerprint density at radius 1 is 1.14 bits per heavy atom. The SMILES string of the molecule is O=C(CCSc1ccccc1)Nc1cc(C(=O)O)ccc1Cl. The topological polar surface area (TPSA) is 66.4 Å². The van der Waals surface area contributed by atoms with Crippen LogP contribution < -0.4 is 5.32 Å². The van der Waals surface area contributed by atoms with Crippen molar-refractivity contribution in [2.75, 3.05) is 11.1 Å². The number of carbonyl (C=O) groups excluding carboxylic acids is 1. The molecule has 0 radical (unpaired) electrons. The molecule has 0 saturated carbocycles. The van der Waals surface area contributed by atoms with E-state index in [0.717, 1.165) is 4.90 Å². The largest absolute Gasteiger partial charge is 0.478 e. The molecule has 114 valence electrons. The third kappa shape index (κ3) is 4.79. The van der Waals surface area contributed by atoms with Gasteiger partial charge in [0, 0.05) is 17.1 Å². The van der Waals surface area contributed by atoms with Crippen LogP contribution >= 0.6 is 23.4 Å². The first-order valence-corrected chi connectivity index (χ1v) is 7.93. The average molecular weight is 336 g/mol. The molecule has 0 unspecified atom stereocenters. The minimum absolute atomic E-state index is 0.0818.